The summed E-state index contributed by atoms with van der Waals surface area (Å²) < 4.78 is 5.80. The third kappa shape index (κ3) is 3.71. The summed E-state index contributed by atoms with van der Waals surface area (Å²) in [5.41, 5.74) is 1.23. The molecule has 0 saturated carbocycles. The molecule has 20 heavy (non-hydrogen) atoms. The molecule has 0 radical (unpaired) electrons. The van der Waals surface area contributed by atoms with Crippen molar-refractivity contribution in [2.45, 2.75) is 13.8 Å². The van der Waals surface area contributed by atoms with Gasteiger partial charge in [-0.25, -0.2) is 4.79 Å². The van der Waals surface area contributed by atoms with Gasteiger partial charge in [0.25, 0.3) is 0 Å². The Hall–Kier alpha value is -2.07. The number of ether oxygens (including phenoxy) is 1. The number of thiophene rings is 1. The summed E-state index contributed by atoms with van der Waals surface area (Å²) in [7, 11) is 0. The molecule has 1 aromatic rings. The normalized spacial score (nSPS) is 11.6. The number of carbonyl (C=O) groups excluding carboxylic acids is 1. The molecule has 3 nitrogen and oxygen atoms in total. The fourth-order valence-corrected chi connectivity index (χ4v) is 2.46. The lowest BCUT2D eigenvalue weighted by atomic mass is 10.2. The van der Waals surface area contributed by atoms with Crippen LogP contribution in [0.3, 0.4) is 0 Å². The van der Waals surface area contributed by atoms with Crippen LogP contribution in [-0.4, -0.2) is 12.6 Å². The molecule has 4 heteroatoms. The first-order valence-corrected chi connectivity index (χ1v) is 7.07. The first-order chi connectivity index (χ1) is 9.54. The lowest BCUT2D eigenvalue weighted by Crippen LogP contribution is -2.23. The Labute approximate surface area is 123 Å². The van der Waals surface area contributed by atoms with E-state index in [2.05, 4.69) is 25.1 Å². The Morgan fingerprint density at radius 1 is 1.45 bits per heavy atom. The van der Waals surface area contributed by atoms with Gasteiger partial charge >= 0.3 is 5.97 Å². The maximum atomic E-state index is 12.0. The van der Waals surface area contributed by atoms with Crippen LogP contribution in [-0.2, 0) is 4.74 Å². The molecule has 0 bridgehead atoms. The number of hydrogen-bond acceptors (Lipinski definition) is 4. The summed E-state index contributed by atoms with van der Waals surface area (Å²) in [4.78, 5) is 12.0. The summed E-state index contributed by atoms with van der Waals surface area (Å²) >= 11 is 1.37. The minimum atomic E-state index is -0.388. The molecule has 0 aromatic carbocycles. The molecule has 0 aliphatic heterocycles. The van der Waals surface area contributed by atoms with Crippen molar-refractivity contribution in [2.24, 2.45) is 0 Å². The van der Waals surface area contributed by atoms with Crippen molar-refractivity contribution in [3.05, 3.63) is 51.9 Å². The smallest absolute Gasteiger partial charge is 0.341 e. The number of esters is 1. The molecule has 1 aromatic heterocycles. The van der Waals surface area contributed by atoms with Crippen LogP contribution in [0.25, 0.3) is 13.2 Å². The minimum absolute atomic E-state index is 0.322. The number of nitrogens with one attached hydrogen (secondary N) is 1. The van der Waals surface area contributed by atoms with Gasteiger partial charge in [0.15, 0.2) is 0 Å². The predicted octanol–water partition coefficient (Wildman–Crippen LogP) is 2.80. The van der Waals surface area contributed by atoms with Crippen LogP contribution >= 0.6 is 11.3 Å². The molecule has 106 valence electrons. The van der Waals surface area contributed by atoms with Crippen LogP contribution in [0.4, 0.5) is 5.00 Å². The Morgan fingerprint density at radius 2 is 2.15 bits per heavy atom. The second-order valence-corrected chi connectivity index (χ2v) is 5.01. The largest absolute Gasteiger partial charge is 0.462 e. The van der Waals surface area contributed by atoms with Crippen molar-refractivity contribution < 1.29 is 9.53 Å². The van der Waals surface area contributed by atoms with E-state index in [1.807, 2.05) is 25.2 Å². The Kier molecular flexibility index (Phi) is 6.00. The van der Waals surface area contributed by atoms with E-state index in [0.717, 1.165) is 10.2 Å². The summed E-state index contributed by atoms with van der Waals surface area (Å²) in [5.74, 6) is -0.388. The summed E-state index contributed by atoms with van der Waals surface area (Å²) in [6, 6.07) is 0. The topological polar surface area (TPSA) is 38.3 Å². The van der Waals surface area contributed by atoms with Gasteiger partial charge in [0.1, 0.15) is 10.6 Å². The molecule has 0 aliphatic rings. The van der Waals surface area contributed by atoms with E-state index >= 15 is 0 Å². The Balaban J connectivity index is 3.22. The SMILES string of the molecule is C=C/C(=C\C=C/C)Nc1sc(=C)c(=C)c1C(=O)OCC. The van der Waals surface area contributed by atoms with Crippen molar-refractivity contribution in [2.75, 3.05) is 11.9 Å². The highest BCUT2D eigenvalue weighted by Crippen LogP contribution is 2.19. The number of carbonyl (C=O) groups is 1. The van der Waals surface area contributed by atoms with E-state index in [9.17, 15) is 4.79 Å². The van der Waals surface area contributed by atoms with Crippen molar-refractivity contribution in [1.82, 2.24) is 0 Å². The third-order valence-corrected chi connectivity index (χ3v) is 3.52. The molecule has 0 aliphatic carbocycles. The molecular formula is C16H19NO2S. The second-order valence-electron chi connectivity index (χ2n) is 3.91. The number of rotatable bonds is 6. The maximum absolute atomic E-state index is 12.0. The lowest BCUT2D eigenvalue weighted by molar-refractivity contribution is 0.0527. The number of hydrogen-bond donors (Lipinski definition) is 1. The van der Waals surface area contributed by atoms with E-state index in [1.54, 1.807) is 13.0 Å². The van der Waals surface area contributed by atoms with Gasteiger partial charge in [-0.15, -0.1) is 11.3 Å². The minimum Gasteiger partial charge on any atom is -0.462 e. The quantitative estimate of drug-likeness (QED) is 0.646. The monoisotopic (exact) mass is 289 g/mol. The summed E-state index contributed by atoms with van der Waals surface area (Å²) in [5, 5.41) is 4.44. The first-order valence-electron chi connectivity index (χ1n) is 6.25. The fourth-order valence-electron chi connectivity index (χ4n) is 1.51. The number of anilines is 1. The van der Waals surface area contributed by atoms with E-state index < -0.39 is 0 Å². The molecule has 1 rings (SSSR count). The van der Waals surface area contributed by atoms with Gasteiger partial charge < -0.3 is 10.1 Å². The molecule has 0 saturated heterocycles. The van der Waals surface area contributed by atoms with Gasteiger partial charge in [-0.1, -0.05) is 31.9 Å². The van der Waals surface area contributed by atoms with E-state index in [-0.39, 0.29) is 5.97 Å². The average molecular weight is 289 g/mol. The highest BCUT2D eigenvalue weighted by molar-refractivity contribution is 7.14. The van der Waals surface area contributed by atoms with Crippen LogP contribution in [0.1, 0.15) is 24.2 Å². The zero-order chi connectivity index (χ0) is 15.1. The fraction of sp³-hybridized carbons (Fsp3) is 0.188. The van der Waals surface area contributed by atoms with Crippen LogP contribution in [0.2, 0.25) is 0 Å². The molecule has 0 fully saturated rings. The van der Waals surface area contributed by atoms with Gasteiger partial charge in [0.05, 0.1) is 6.61 Å². The zero-order valence-corrected chi connectivity index (χ0v) is 12.7. The average Bonchev–Trinajstić information content (AvgIpc) is 2.70. The predicted molar refractivity (Wildman–Crippen MR) is 87.3 cm³/mol. The summed E-state index contributed by atoms with van der Waals surface area (Å²) in [6.45, 7) is 15.5. The summed E-state index contributed by atoms with van der Waals surface area (Å²) in [6.07, 6.45) is 7.34. The van der Waals surface area contributed by atoms with Gasteiger partial charge in [-0.3, -0.25) is 0 Å². The molecular weight excluding hydrogens is 270 g/mol. The van der Waals surface area contributed by atoms with E-state index in [0.29, 0.717) is 22.4 Å². The van der Waals surface area contributed by atoms with Crippen molar-refractivity contribution in [1.29, 1.82) is 0 Å². The van der Waals surface area contributed by atoms with Crippen LogP contribution in [0.15, 0.2) is 36.6 Å². The number of allylic oxidation sites excluding steroid dienone is 4. The van der Waals surface area contributed by atoms with Gasteiger partial charge in [-0.05, 0) is 26.0 Å². The standard InChI is InChI=1S/C16H19NO2S/c1-6-9-10-13(7-2)17-15-14(16(18)19-8-3)11(4)12(5)20-15/h6-7,9-10,17H,2,4-5,8H2,1,3H3/b9-6-,13-10+. The van der Waals surface area contributed by atoms with Crippen LogP contribution in [0, 0.1) is 0 Å². The van der Waals surface area contributed by atoms with E-state index in [4.69, 9.17) is 4.74 Å². The van der Waals surface area contributed by atoms with Gasteiger partial charge in [0.2, 0.25) is 0 Å². The molecule has 0 amide bonds. The molecule has 0 spiro atoms. The van der Waals surface area contributed by atoms with Crippen molar-refractivity contribution in [3.63, 3.8) is 0 Å². The van der Waals surface area contributed by atoms with E-state index in [1.165, 1.54) is 11.3 Å². The van der Waals surface area contributed by atoms with Crippen molar-refractivity contribution in [3.8, 4) is 0 Å². The highest BCUT2D eigenvalue weighted by atomic mass is 32.1. The molecule has 1 N–H and O–H groups in total. The third-order valence-electron chi connectivity index (χ3n) is 2.52. The lowest BCUT2D eigenvalue weighted by Gasteiger charge is -2.07. The Morgan fingerprint density at radius 3 is 2.70 bits per heavy atom. The second kappa shape index (κ2) is 7.50. The van der Waals surface area contributed by atoms with Crippen molar-refractivity contribution >= 4 is 35.5 Å². The van der Waals surface area contributed by atoms with Gasteiger partial charge in [-0.2, -0.15) is 0 Å². The first kappa shape index (κ1) is 16.0. The van der Waals surface area contributed by atoms with Gasteiger partial charge in [0, 0.05) is 15.4 Å². The highest BCUT2D eigenvalue weighted by Gasteiger charge is 2.17. The zero-order valence-electron chi connectivity index (χ0n) is 11.9. The Bertz CT molecular complexity index is 653. The van der Waals surface area contributed by atoms with Crippen LogP contribution < -0.4 is 15.1 Å². The molecule has 1 heterocycles. The molecule has 0 atom stereocenters. The maximum Gasteiger partial charge on any atom is 0.341 e. The van der Waals surface area contributed by atoms with Crippen LogP contribution in [0.5, 0.6) is 0 Å². The molecule has 0 unspecified atom stereocenters.